The van der Waals surface area contributed by atoms with Crippen LogP contribution >= 0.6 is 11.3 Å². The molecule has 5 heterocycles. The SMILES string of the molecule is CCn1c(-c2cc(N3CCCCC3)cnc2C(C)C)c(CC(C)(C)CO)c2cc(-c3csc(C[C@H](NC(=O)OC(C)(C)C)C(=O)N4CCC[C@@H](C(=O)O)N4)n3)ccc21. The highest BCUT2D eigenvalue weighted by atomic mass is 32.1. The molecule has 2 atom stereocenters. The molecule has 0 unspecified atom stereocenters. The number of hydrazine groups is 1. The van der Waals surface area contributed by atoms with Crippen molar-refractivity contribution in [3.8, 4) is 22.5 Å². The predicted molar refractivity (Wildman–Crippen MR) is 229 cm³/mol. The first kappa shape index (κ1) is 43.1. The lowest BCUT2D eigenvalue weighted by Crippen LogP contribution is -2.60. The number of aliphatic carboxylic acids is 1. The number of nitrogens with zero attached hydrogens (tertiary/aromatic N) is 5. The molecule has 0 saturated carbocycles. The van der Waals surface area contributed by atoms with Gasteiger partial charge in [-0.3, -0.25) is 19.6 Å². The summed E-state index contributed by atoms with van der Waals surface area (Å²) in [6.45, 7) is 19.1. The van der Waals surface area contributed by atoms with Crippen LogP contribution in [0.5, 0.6) is 0 Å². The van der Waals surface area contributed by atoms with E-state index in [1.165, 1.54) is 35.6 Å². The average molecular weight is 816 g/mol. The second-order valence-corrected chi connectivity index (χ2v) is 18.8. The quantitative estimate of drug-likeness (QED) is 0.106. The van der Waals surface area contributed by atoms with Crippen LogP contribution in [-0.2, 0) is 33.7 Å². The average Bonchev–Trinajstić information content (AvgIpc) is 3.78. The predicted octanol–water partition coefficient (Wildman–Crippen LogP) is 7.54. The van der Waals surface area contributed by atoms with E-state index in [4.69, 9.17) is 14.7 Å². The summed E-state index contributed by atoms with van der Waals surface area (Å²) < 4.78 is 7.89. The molecule has 13 nitrogen and oxygen atoms in total. The number of ether oxygens (including phenoxy) is 1. The van der Waals surface area contributed by atoms with Crippen molar-refractivity contribution in [3.05, 3.63) is 52.1 Å². The first-order valence-electron chi connectivity index (χ1n) is 20.7. The summed E-state index contributed by atoms with van der Waals surface area (Å²) in [4.78, 5) is 51.2. The lowest BCUT2D eigenvalue weighted by atomic mass is 9.84. The number of benzene rings is 1. The van der Waals surface area contributed by atoms with Gasteiger partial charge in [0.1, 0.15) is 17.7 Å². The van der Waals surface area contributed by atoms with E-state index in [-0.39, 0.29) is 18.9 Å². The highest BCUT2D eigenvalue weighted by Crippen LogP contribution is 2.43. The van der Waals surface area contributed by atoms with E-state index < -0.39 is 41.1 Å². The Morgan fingerprint density at radius 1 is 1.05 bits per heavy atom. The molecule has 58 heavy (non-hydrogen) atoms. The summed E-state index contributed by atoms with van der Waals surface area (Å²) in [5.74, 6) is -1.30. The molecule has 2 saturated heterocycles. The number of amides is 2. The lowest BCUT2D eigenvalue weighted by molar-refractivity contribution is -0.147. The van der Waals surface area contributed by atoms with E-state index in [0.717, 1.165) is 70.0 Å². The lowest BCUT2D eigenvalue weighted by Gasteiger charge is -2.34. The molecule has 14 heteroatoms. The number of pyridine rings is 1. The fraction of sp³-hybridized carbons (Fsp3) is 0.568. The van der Waals surface area contributed by atoms with Gasteiger partial charge in [0, 0.05) is 66.6 Å². The van der Waals surface area contributed by atoms with Gasteiger partial charge in [0.25, 0.3) is 5.91 Å². The number of aliphatic hydroxyl groups excluding tert-OH is 1. The highest BCUT2D eigenvalue weighted by Gasteiger charge is 2.34. The highest BCUT2D eigenvalue weighted by molar-refractivity contribution is 7.10. The van der Waals surface area contributed by atoms with Gasteiger partial charge in [0.05, 0.1) is 34.0 Å². The fourth-order valence-corrected chi connectivity index (χ4v) is 8.90. The Hall–Kier alpha value is -4.53. The molecule has 4 N–H and O–H groups in total. The van der Waals surface area contributed by atoms with Gasteiger partial charge in [-0.1, -0.05) is 33.8 Å². The number of hydrogen-bond acceptors (Lipinski definition) is 10. The molecule has 1 aromatic carbocycles. The number of aromatic nitrogens is 3. The molecule has 2 amide bonds. The number of aliphatic hydroxyl groups is 1. The second-order valence-electron chi connectivity index (χ2n) is 17.8. The van der Waals surface area contributed by atoms with Crippen LogP contribution in [0.3, 0.4) is 0 Å². The number of hydrogen-bond donors (Lipinski definition) is 4. The Balaban J connectivity index is 1.39. The largest absolute Gasteiger partial charge is 0.480 e. The zero-order valence-corrected chi connectivity index (χ0v) is 36.2. The summed E-state index contributed by atoms with van der Waals surface area (Å²) >= 11 is 1.40. The van der Waals surface area contributed by atoms with Crippen molar-refractivity contribution in [1.82, 2.24) is 30.3 Å². The van der Waals surface area contributed by atoms with E-state index >= 15 is 0 Å². The van der Waals surface area contributed by atoms with E-state index in [0.29, 0.717) is 30.8 Å². The van der Waals surface area contributed by atoms with Gasteiger partial charge in [0.15, 0.2) is 0 Å². The zero-order chi connectivity index (χ0) is 41.9. The normalized spacial score (nSPS) is 17.2. The minimum Gasteiger partial charge on any atom is -0.480 e. The maximum absolute atomic E-state index is 13.9. The third-order valence-electron chi connectivity index (χ3n) is 11.0. The van der Waals surface area contributed by atoms with Crippen LogP contribution in [-0.4, -0.2) is 91.7 Å². The maximum atomic E-state index is 13.9. The van der Waals surface area contributed by atoms with Gasteiger partial charge in [-0.15, -0.1) is 11.3 Å². The van der Waals surface area contributed by atoms with Crippen LogP contribution in [0.15, 0.2) is 35.8 Å². The van der Waals surface area contributed by atoms with Crippen molar-refractivity contribution in [2.75, 3.05) is 31.1 Å². The molecule has 314 valence electrons. The second kappa shape index (κ2) is 17.8. The third kappa shape index (κ3) is 9.83. The number of alkyl carbamates (subject to hydrolysis) is 1. The number of carbonyl (C=O) groups excluding carboxylic acids is 2. The molecule has 6 rings (SSSR count). The smallest absolute Gasteiger partial charge is 0.408 e. The Kier molecular flexibility index (Phi) is 13.2. The monoisotopic (exact) mass is 815 g/mol. The molecule has 0 bridgehead atoms. The van der Waals surface area contributed by atoms with Crippen molar-refractivity contribution >= 4 is 45.9 Å². The molecule has 2 aliphatic rings. The molecular weight excluding hydrogens is 755 g/mol. The van der Waals surface area contributed by atoms with Crippen LogP contribution in [0, 0.1) is 5.41 Å². The van der Waals surface area contributed by atoms with Crippen LogP contribution in [0.2, 0.25) is 0 Å². The van der Waals surface area contributed by atoms with Gasteiger partial charge in [-0.25, -0.2) is 15.2 Å². The fourth-order valence-electron chi connectivity index (χ4n) is 8.05. The Morgan fingerprint density at radius 3 is 2.45 bits per heavy atom. The number of rotatable bonds is 13. The summed E-state index contributed by atoms with van der Waals surface area (Å²) in [6, 6.07) is 6.81. The van der Waals surface area contributed by atoms with Crippen molar-refractivity contribution in [2.45, 2.75) is 130 Å². The molecular formula is C44H61N7O6S. The van der Waals surface area contributed by atoms with Crippen LogP contribution < -0.4 is 15.6 Å². The number of aryl methyl sites for hydroxylation is 1. The van der Waals surface area contributed by atoms with Gasteiger partial charge < -0.3 is 29.7 Å². The maximum Gasteiger partial charge on any atom is 0.408 e. The first-order chi connectivity index (χ1) is 27.5. The molecule has 0 radical (unpaired) electrons. The third-order valence-corrected chi connectivity index (χ3v) is 11.8. The topological polar surface area (TPSA) is 162 Å². The molecule has 4 aromatic rings. The van der Waals surface area contributed by atoms with E-state index in [1.807, 2.05) is 11.6 Å². The van der Waals surface area contributed by atoms with Gasteiger partial charge in [0.2, 0.25) is 0 Å². The molecule has 3 aromatic heterocycles. The summed E-state index contributed by atoms with van der Waals surface area (Å²) in [5, 5.41) is 27.9. The number of carboxylic acids is 1. The van der Waals surface area contributed by atoms with Crippen LogP contribution in [0.4, 0.5) is 10.5 Å². The standard InChI is InChI=1S/C44H61N7O6S/c1-9-50-36-16-15-28(35-25-58-37(46-35)22-34(47-42(56)57-43(4,5)6)40(53)51-19-13-14-33(48-51)41(54)55)20-30(36)32(23-44(7,8)26-52)39(50)31-21-29(24-45-38(31)27(2)3)49-17-11-10-12-18-49/h15-16,20-21,24-25,27,33-34,48,52H,9-14,17-19,22-23,26H2,1-8H3,(H,47,56)(H,54,55)/t33-,34-/m0/s1. The summed E-state index contributed by atoms with van der Waals surface area (Å²) in [5.41, 5.74) is 10.0. The van der Waals surface area contributed by atoms with E-state index in [9.17, 15) is 24.6 Å². The summed E-state index contributed by atoms with van der Waals surface area (Å²) in [6.07, 6.45) is 6.53. The van der Waals surface area contributed by atoms with E-state index in [2.05, 4.69) is 79.1 Å². The van der Waals surface area contributed by atoms with Crippen molar-refractivity contribution in [3.63, 3.8) is 0 Å². The minimum absolute atomic E-state index is 0.0324. The van der Waals surface area contributed by atoms with Crippen LogP contribution in [0.1, 0.15) is 110 Å². The number of piperidine rings is 1. The molecule has 0 aliphatic carbocycles. The number of fused-ring (bicyclic) bond motifs is 1. The first-order valence-corrected chi connectivity index (χ1v) is 21.6. The molecule has 2 aliphatic heterocycles. The number of anilines is 1. The molecule has 2 fully saturated rings. The molecule has 0 spiro atoms. The van der Waals surface area contributed by atoms with Gasteiger partial charge >= 0.3 is 12.1 Å². The zero-order valence-electron chi connectivity index (χ0n) is 35.4. The summed E-state index contributed by atoms with van der Waals surface area (Å²) in [7, 11) is 0. The van der Waals surface area contributed by atoms with Gasteiger partial charge in [-0.2, -0.15) is 0 Å². The van der Waals surface area contributed by atoms with Crippen molar-refractivity contribution < 1.29 is 29.3 Å². The van der Waals surface area contributed by atoms with Crippen molar-refractivity contribution in [2.24, 2.45) is 5.41 Å². The Morgan fingerprint density at radius 2 is 1.79 bits per heavy atom. The number of nitrogens with one attached hydrogen (secondary N) is 2. The Labute approximate surface area is 346 Å². The number of carbonyl (C=O) groups is 3. The Bertz CT molecular complexity index is 2110. The van der Waals surface area contributed by atoms with Gasteiger partial charge in [-0.05, 0) is 101 Å². The van der Waals surface area contributed by atoms with E-state index in [1.54, 1.807) is 20.8 Å². The minimum atomic E-state index is -1.05. The van der Waals surface area contributed by atoms with Crippen molar-refractivity contribution in [1.29, 1.82) is 0 Å². The number of carboxylic acid groups (broad SMARTS) is 1. The number of thiazole rings is 1. The van der Waals surface area contributed by atoms with Crippen LogP contribution in [0.25, 0.3) is 33.4 Å².